The molecule has 0 radical (unpaired) electrons. The van der Waals surface area contributed by atoms with Crippen LogP contribution in [0.4, 0.5) is 0 Å². The molecule has 14 heavy (non-hydrogen) atoms. The summed E-state index contributed by atoms with van der Waals surface area (Å²) >= 11 is 0. The third-order valence-electron chi connectivity index (χ3n) is 5.36. The van der Waals surface area contributed by atoms with Crippen molar-refractivity contribution in [3.8, 4) is 0 Å². The quantitative estimate of drug-likeness (QED) is 0.531. The van der Waals surface area contributed by atoms with E-state index in [1.165, 1.54) is 38.5 Å². The van der Waals surface area contributed by atoms with Gasteiger partial charge in [0.25, 0.3) is 0 Å². The number of fused-ring (bicyclic) bond motifs is 1. The molecule has 0 unspecified atom stereocenters. The molecule has 80 valence electrons. The van der Waals surface area contributed by atoms with E-state index in [1.54, 1.807) is 0 Å². The lowest BCUT2D eigenvalue weighted by Gasteiger charge is -2.41. The van der Waals surface area contributed by atoms with Gasteiger partial charge in [-0.3, -0.25) is 0 Å². The number of hydrogen-bond acceptors (Lipinski definition) is 0. The fraction of sp³-hybridized carbons (Fsp3) is 1.00. The zero-order chi connectivity index (χ0) is 10.4. The third kappa shape index (κ3) is 1.44. The Bertz CT molecular complexity index is 204. The summed E-state index contributed by atoms with van der Waals surface area (Å²) in [5, 5.41) is 1.26. The van der Waals surface area contributed by atoms with Crippen molar-refractivity contribution in [2.75, 3.05) is 0 Å². The fourth-order valence-electron chi connectivity index (χ4n) is 4.26. The zero-order valence-corrected chi connectivity index (χ0v) is 10.4. The first-order valence-electron chi connectivity index (χ1n) is 6.47. The van der Waals surface area contributed by atoms with Crippen molar-refractivity contribution in [2.24, 2.45) is 5.92 Å². The van der Waals surface area contributed by atoms with Crippen molar-refractivity contribution in [1.82, 2.24) is 0 Å². The van der Waals surface area contributed by atoms with E-state index in [4.69, 9.17) is 0 Å². The van der Waals surface area contributed by atoms with E-state index in [0.29, 0.717) is 5.31 Å². The van der Waals surface area contributed by atoms with E-state index in [9.17, 15) is 0 Å². The van der Waals surface area contributed by atoms with Gasteiger partial charge in [-0.15, -0.1) is 0 Å². The highest BCUT2D eigenvalue weighted by Gasteiger charge is 2.53. The van der Waals surface area contributed by atoms with Gasteiger partial charge in [0.1, 0.15) is 6.71 Å². The van der Waals surface area contributed by atoms with Gasteiger partial charge < -0.3 is 0 Å². The summed E-state index contributed by atoms with van der Waals surface area (Å²) in [5.41, 5.74) is 0. The Labute approximate surface area is 89.9 Å². The van der Waals surface area contributed by atoms with Gasteiger partial charge in [-0.25, -0.2) is 0 Å². The summed E-state index contributed by atoms with van der Waals surface area (Å²) in [6, 6.07) is 0. The van der Waals surface area contributed by atoms with Crippen LogP contribution in [0.25, 0.3) is 0 Å². The first-order chi connectivity index (χ1) is 6.47. The topological polar surface area (TPSA) is 0 Å². The normalized spacial score (nSPS) is 37.3. The van der Waals surface area contributed by atoms with Crippen LogP contribution in [0.15, 0.2) is 0 Å². The smallest absolute Gasteiger partial charge is 0.0852 e. The van der Waals surface area contributed by atoms with Gasteiger partial charge in [-0.1, -0.05) is 71.4 Å². The first kappa shape index (κ1) is 10.6. The van der Waals surface area contributed by atoms with E-state index in [1.807, 2.05) is 0 Å². The maximum atomic E-state index is 2.52. The standard InChI is InChI=1S/C13H25B/c1-12(2,3)14(4)13-9-5-7-11(13)8-6-10-13/h11H,5-10H2,1-4H3. The van der Waals surface area contributed by atoms with Crippen LogP contribution in [0.3, 0.4) is 0 Å². The molecular formula is C13H25B. The largest absolute Gasteiger partial charge is 0.149 e. The molecule has 0 nitrogen and oxygen atoms in total. The van der Waals surface area contributed by atoms with Gasteiger partial charge in [-0.05, 0) is 11.2 Å². The summed E-state index contributed by atoms with van der Waals surface area (Å²) < 4.78 is 0. The molecule has 2 aliphatic carbocycles. The molecule has 2 aliphatic rings. The van der Waals surface area contributed by atoms with Crippen molar-refractivity contribution in [2.45, 2.75) is 76.7 Å². The molecule has 0 spiro atoms. The molecular weight excluding hydrogens is 167 g/mol. The Morgan fingerprint density at radius 2 is 1.57 bits per heavy atom. The average molecular weight is 192 g/mol. The van der Waals surface area contributed by atoms with Crippen LogP contribution in [0.5, 0.6) is 0 Å². The molecule has 0 N–H and O–H groups in total. The monoisotopic (exact) mass is 192 g/mol. The predicted octanol–water partition coefficient (Wildman–Crippen LogP) is 4.64. The second-order valence-electron chi connectivity index (χ2n) is 6.80. The summed E-state index contributed by atoms with van der Waals surface area (Å²) in [7, 11) is 0. The lowest BCUT2D eigenvalue weighted by Crippen LogP contribution is -2.37. The predicted molar refractivity (Wildman–Crippen MR) is 65.2 cm³/mol. The van der Waals surface area contributed by atoms with E-state index in [2.05, 4.69) is 27.6 Å². The SMILES string of the molecule is CB(C(C)(C)C)C12CCCC1CCC2. The van der Waals surface area contributed by atoms with Crippen LogP contribution in [-0.4, -0.2) is 6.71 Å². The van der Waals surface area contributed by atoms with E-state index in [-0.39, 0.29) is 0 Å². The highest BCUT2D eigenvalue weighted by atomic mass is 14.5. The molecule has 0 saturated heterocycles. The molecule has 2 saturated carbocycles. The van der Waals surface area contributed by atoms with Gasteiger partial charge in [0, 0.05) is 0 Å². The van der Waals surface area contributed by atoms with Crippen LogP contribution >= 0.6 is 0 Å². The van der Waals surface area contributed by atoms with Gasteiger partial charge >= 0.3 is 0 Å². The zero-order valence-electron chi connectivity index (χ0n) is 10.4. The summed E-state index contributed by atoms with van der Waals surface area (Å²) in [4.78, 5) is 0. The number of hydrogen-bond donors (Lipinski definition) is 0. The van der Waals surface area contributed by atoms with Crippen LogP contribution in [0.1, 0.15) is 59.3 Å². The van der Waals surface area contributed by atoms with Crippen molar-refractivity contribution >= 4 is 6.71 Å². The fourth-order valence-corrected chi connectivity index (χ4v) is 4.26. The summed E-state index contributed by atoms with van der Waals surface area (Å²) in [5.74, 6) is 1.08. The highest BCUT2D eigenvalue weighted by molar-refractivity contribution is 6.64. The molecule has 2 fully saturated rings. The molecule has 0 heterocycles. The minimum absolute atomic E-state index is 0.507. The van der Waals surface area contributed by atoms with Crippen molar-refractivity contribution in [3.05, 3.63) is 0 Å². The minimum atomic E-state index is 0.507. The van der Waals surface area contributed by atoms with Crippen LogP contribution < -0.4 is 0 Å². The minimum Gasteiger partial charge on any atom is -0.0852 e. The van der Waals surface area contributed by atoms with E-state index < -0.39 is 0 Å². The molecule has 0 atom stereocenters. The van der Waals surface area contributed by atoms with Gasteiger partial charge in [0.15, 0.2) is 0 Å². The van der Waals surface area contributed by atoms with Crippen LogP contribution in [0.2, 0.25) is 17.5 Å². The third-order valence-corrected chi connectivity index (χ3v) is 5.36. The lowest BCUT2D eigenvalue weighted by atomic mass is 9.23. The molecule has 0 aliphatic heterocycles. The maximum absolute atomic E-state index is 2.52. The second kappa shape index (κ2) is 3.28. The van der Waals surface area contributed by atoms with E-state index in [0.717, 1.165) is 17.9 Å². The molecule has 2 rings (SSSR count). The number of rotatable bonds is 1. The van der Waals surface area contributed by atoms with Gasteiger partial charge in [0.2, 0.25) is 0 Å². The maximum Gasteiger partial charge on any atom is 0.149 e. The molecule has 0 aromatic rings. The molecule has 0 bridgehead atoms. The molecule has 0 aromatic carbocycles. The van der Waals surface area contributed by atoms with Gasteiger partial charge in [-0.2, -0.15) is 0 Å². The first-order valence-corrected chi connectivity index (χ1v) is 6.47. The molecule has 0 aromatic heterocycles. The highest BCUT2D eigenvalue weighted by Crippen LogP contribution is 2.64. The second-order valence-corrected chi connectivity index (χ2v) is 6.80. The Hall–Kier alpha value is 0.0649. The Kier molecular flexibility index (Phi) is 2.48. The van der Waals surface area contributed by atoms with Crippen molar-refractivity contribution in [3.63, 3.8) is 0 Å². The summed E-state index contributed by atoms with van der Waals surface area (Å²) in [6.07, 6.45) is 9.11. The summed E-state index contributed by atoms with van der Waals surface area (Å²) in [6.45, 7) is 10.7. The average Bonchev–Trinajstić information content (AvgIpc) is 2.57. The Morgan fingerprint density at radius 3 is 2.00 bits per heavy atom. The lowest BCUT2D eigenvalue weighted by molar-refractivity contribution is 0.451. The van der Waals surface area contributed by atoms with Crippen LogP contribution in [-0.2, 0) is 0 Å². The molecule has 1 heteroatoms. The Balaban J connectivity index is 2.22. The molecule has 0 amide bonds. The Morgan fingerprint density at radius 1 is 1.07 bits per heavy atom. The van der Waals surface area contributed by atoms with E-state index >= 15 is 0 Å². The van der Waals surface area contributed by atoms with Crippen LogP contribution in [0, 0.1) is 5.92 Å². The van der Waals surface area contributed by atoms with Gasteiger partial charge in [0.05, 0.1) is 0 Å². The van der Waals surface area contributed by atoms with Crippen molar-refractivity contribution in [1.29, 1.82) is 0 Å². The van der Waals surface area contributed by atoms with Crippen molar-refractivity contribution < 1.29 is 0 Å².